The van der Waals surface area contributed by atoms with Gasteiger partial charge in [-0.3, -0.25) is 14.6 Å². The molecule has 2 unspecified atom stereocenters. The van der Waals surface area contributed by atoms with Crippen LogP contribution in [0.25, 0.3) is 0 Å². The van der Waals surface area contributed by atoms with Crippen LogP contribution in [0.3, 0.4) is 0 Å². The first kappa shape index (κ1) is 18.9. The standard InChI is InChI=1S/C23H22FN3O3/c1-14-10-16(24)5-6-17(14)27-13-23-8-7-18(30-23)19(20(23)22(27)29)21(28)26(2)12-15-4-3-9-25-11-15/h3-11,18-20H,12-13H2,1-2H3/t18-,19?,20?,23-/m0/s1. The minimum atomic E-state index is -0.807. The first-order chi connectivity index (χ1) is 14.4. The molecule has 1 spiro atoms. The topological polar surface area (TPSA) is 62.7 Å². The van der Waals surface area contributed by atoms with Crippen molar-refractivity contribution in [2.75, 3.05) is 18.5 Å². The number of fused-ring (bicyclic) bond motifs is 1. The third kappa shape index (κ3) is 2.76. The van der Waals surface area contributed by atoms with Crippen LogP contribution in [0.4, 0.5) is 10.1 Å². The molecule has 3 aliphatic heterocycles. The fourth-order valence-electron chi connectivity index (χ4n) is 5.00. The predicted octanol–water partition coefficient (Wildman–Crippen LogP) is 2.47. The van der Waals surface area contributed by atoms with E-state index in [0.717, 1.165) is 5.56 Å². The second kappa shape index (κ2) is 6.74. The van der Waals surface area contributed by atoms with Gasteiger partial charge in [0.15, 0.2) is 0 Å². The monoisotopic (exact) mass is 407 g/mol. The van der Waals surface area contributed by atoms with Crippen LogP contribution in [0.1, 0.15) is 11.1 Å². The number of halogens is 1. The summed E-state index contributed by atoms with van der Waals surface area (Å²) in [5.41, 5.74) is 1.44. The predicted molar refractivity (Wildman–Crippen MR) is 108 cm³/mol. The van der Waals surface area contributed by atoms with Gasteiger partial charge in [0.1, 0.15) is 11.4 Å². The van der Waals surface area contributed by atoms with E-state index in [0.29, 0.717) is 24.3 Å². The molecule has 30 heavy (non-hydrogen) atoms. The van der Waals surface area contributed by atoms with E-state index in [9.17, 15) is 14.0 Å². The molecule has 4 atom stereocenters. The zero-order valence-corrected chi connectivity index (χ0v) is 16.8. The summed E-state index contributed by atoms with van der Waals surface area (Å²) in [6.45, 7) is 2.51. The highest BCUT2D eigenvalue weighted by Crippen LogP contribution is 2.53. The lowest BCUT2D eigenvalue weighted by Gasteiger charge is -2.28. The first-order valence-corrected chi connectivity index (χ1v) is 9.98. The molecule has 0 radical (unpaired) electrons. The van der Waals surface area contributed by atoms with Gasteiger partial charge in [-0.05, 0) is 42.3 Å². The molecule has 7 heteroatoms. The van der Waals surface area contributed by atoms with Gasteiger partial charge in [-0.15, -0.1) is 0 Å². The summed E-state index contributed by atoms with van der Waals surface area (Å²) < 4.78 is 19.7. The third-order valence-electron chi connectivity index (χ3n) is 6.35. The number of nitrogens with zero attached hydrogens (tertiary/aromatic N) is 3. The Morgan fingerprint density at radius 2 is 2.23 bits per heavy atom. The molecule has 1 aromatic heterocycles. The Bertz CT molecular complexity index is 1060. The van der Waals surface area contributed by atoms with Crippen molar-refractivity contribution < 1.29 is 18.7 Å². The van der Waals surface area contributed by atoms with Crippen LogP contribution in [0.5, 0.6) is 0 Å². The van der Waals surface area contributed by atoms with Gasteiger partial charge in [0.05, 0.1) is 24.5 Å². The molecular formula is C23H22FN3O3. The lowest BCUT2D eigenvalue weighted by atomic mass is 9.76. The van der Waals surface area contributed by atoms with Crippen LogP contribution < -0.4 is 4.90 Å². The zero-order chi connectivity index (χ0) is 21.0. The summed E-state index contributed by atoms with van der Waals surface area (Å²) in [5.74, 6) is -1.77. The molecule has 2 aromatic rings. The number of rotatable bonds is 4. The zero-order valence-electron chi connectivity index (χ0n) is 16.8. The average Bonchev–Trinajstić information content (AvgIpc) is 3.36. The van der Waals surface area contributed by atoms with Crippen molar-refractivity contribution in [3.63, 3.8) is 0 Å². The number of aromatic nitrogens is 1. The van der Waals surface area contributed by atoms with Crippen molar-refractivity contribution in [3.05, 3.63) is 71.8 Å². The van der Waals surface area contributed by atoms with Gasteiger partial charge in [0.2, 0.25) is 11.8 Å². The van der Waals surface area contributed by atoms with Gasteiger partial charge < -0.3 is 14.5 Å². The highest BCUT2D eigenvalue weighted by atomic mass is 19.1. The second-order valence-electron chi connectivity index (χ2n) is 8.31. The maximum absolute atomic E-state index is 13.6. The molecule has 2 fully saturated rings. The minimum Gasteiger partial charge on any atom is -0.360 e. The number of anilines is 1. The van der Waals surface area contributed by atoms with Crippen molar-refractivity contribution in [2.45, 2.75) is 25.2 Å². The van der Waals surface area contributed by atoms with Gasteiger partial charge >= 0.3 is 0 Å². The van der Waals surface area contributed by atoms with E-state index in [-0.39, 0.29) is 17.6 Å². The molecule has 0 aliphatic carbocycles. The molecule has 2 bridgehead atoms. The lowest BCUT2D eigenvalue weighted by Crippen LogP contribution is -2.44. The maximum Gasteiger partial charge on any atom is 0.234 e. The number of amides is 2. The fraction of sp³-hybridized carbons (Fsp3) is 0.348. The van der Waals surface area contributed by atoms with Gasteiger partial charge in [-0.1, -0.05) is 18.2 Å². The number of benzene rings is 1. The van der Waals surface area contributed by atoms with Crippen LogP contribution in [-0.2, 0) is 20.9 Å². The quantitative estimate of drug-likeness (QED) is 0.731. The summed E-state index contributed by atoms with van der Waals surface area (Å²) in [6, 6.07) is 8.11. The summed E-state index contributed by atoms with van der Waals surface area (Å²) in [5, 5.41) is 0. The number of hydrogen-bond donors (Lipinski definition) is 0. The summed E-state index contributed by atoms with van der Waals surface area (Å²) >= 11 is 0. The van der Waals surface area contributed by atoms with E-state index in [1.165, 1.54) is 12.1 Å². The van der Waals surface area contributed by atoms with E-state index < -0.39 is 23.5 Å². The molecule has 1 aromatic carbocycles. The summed E-state index contributed by atoms with van der Waals surface area (Å²) in [7, 11) is 1.74. The Balaban J connectivity index is 1.43. The Labute approximate surface area is 174 Å². The molecule has 5 rings (SSSR count). The van der Waals surface area contributed by atoms with Gasteiger partial charge in [-0.2, -0.15) is 0 Å². The minimum absolute atomic E-state index is 0.119. The fourth-order valence-corrected chi connectivity index (χ4v) is 5.00. The van der Waals surface area contributed by atoms with E-state index in [4.69, 9.17) is 4.74 Å². The Morgan fingerprint density at radius 1 is 1.40 bits per heavy atom. The molecule has 6 nitrogen and oxygen atoms in total. The van der Waals surface area contributed by atoms with E-state index in [2.05, 4.69) is 4.98 Å². The average molecular weight is 407 g/mol. The molecular weight excluding hydrogens is 385 g/mol. The van der Waals surface area contributed by atoms with Crippen LogP contribution in [0.2, 0.25) is 0 Å². The molecule has 4 heterocycles. The van der Waals surface area contributed by atoms with E-state index in [1.807, 2.05) is 24.3 Å². The van der Waals surface area contributed by atoms with Crippen molar-refractivity contribution >= 4 is 17.5 Å². The SMILES string of the molecule is Cc1cc(F)ccc1N1C[C@]23C=C[C@H](O2)C(C(=O)N(C)Cc2cccnc2)C3C1=O. The van der Waals surface area contributed by atoms with E-state index >= 15 is 0 Å². The van der Waals surface area contributed by atoms with Crippen LogP contribution in [0, 0.1) is 24.6 Å². The first-order valence-electron chi connectivity index (χ1n) is 9.98. The Hall–Kier alpha value is -3.06. The number of aryl methyl sites for hydroxylation is 1. The van der Waals surface area contributed by atoms with Gasteiger partial charge in [0, 0.05) is 31.7 Å². The largest absolute Gasteiger partial charge is 0.360 e. The van der Waals surface area contributed by atoms with Crippen molar-refractivity contribution in [3.8, 4) is 0 Å². The number of hydrogen-bond acceptors (Lipinski definition) is 4. The molecule has 0 N–H and O–H groups in total. The lowest BCUT2D eigenvalue weighted by molar-refractivity contribution is -0.139. The number of ether oxygens (including phenoxy) is 1. The van der Waals surface area contributed by atoms with Crippen molar-refractivity contribution in [2.24, 2.45) is 11.8 Å². The van der Waals surface area contributed by atoms with E-state index in [1.54, 1.807) is 42.2 Å². The van der Waals surface area contributed by atoms with Crippen molar-refractivity contribution in [1.82, 2.24) is 9.88 Å². The second-order valence-corrected chi connectivity index (χ2v) is 8.31. The van der Waals surface area contributed by atoms with Crippen LogP contribution >= 0.6 is 0 Å². The normalized spacial score (nSPS) is 28.8. The number of carbonyl (C=O) groups is 2. The highest BCUT2D eigenvalue weighted by molar-refractivity contribution is 6.03. The number of carbonyl (C=O) groups excluding carboxylic acids is 2. The Morgan fingerprint density at radius 3 is 2.97 bits per heavy atom. The molecule has 3 aliphatic rings. The third-order valence-corrected chi connectivity index (χ3v) is 6.35. The smallest absolute Gasteiger partial charge is 0.234 e. The molecule has 154 valence electrons. The number of pyridine rings is 1. The summed E-state index contributed by atoms with van der Waals surface area (Å²) in [4.78, 5) is 34.1. The van der Waals surface area contributed by atoms with Crippen LogP contribution in [-0.4, -0.2) is 47.0 Å². The van der Waals surface area contributed by atoms with Gasteiger partial charge in [-0.25, -0.2) is 4.39 Å². The molecule has 2 saturated heterocycles. The Kier molecular flexibility index (Phi) is 4.25. The van der Waals surface area contributed by atoms with Gasteiger partial charge in [0.25, 0.3) is 0 Å². The summed E-state index contributed by atoms with van der Waals surface area (Å²) in [6.07, 6.45) is 6.82. The van der Waals surface area contributed by atoms with Crippen LogP contribution in [0.15, 0.2) is 54.9 Å². The van der Waals surface area contributed by atoms with Crippen molar-refractivity contribution in [1.29, 1.82) is 0 Å². The highest BCUT2D eigenvalue weighted by Gasteiger charge is 2.67. The molecule has 0 saturated carbocycles. The maximum atomic E-state index is 13.6. The molecule has 2 amide bonds.